The smallest absolute Gasteiger partial charge is 0.317 e. The Hall–Kier alpha value is -3.07. The van der Waals surface area contributed by atoms with E-state index in [-0.39, 0.29) is 18.4 Å². The molecule has 0 aromatic carbocycles. The third kappa shape index (κ3) is 4.25. The molecule has 1 N–H and O–H groups in total. The van der Waals surface area contributed by atoms with Crippen LogP contribution < -0.4 is 5.32 Å². The van der Waals surface area contributed by atoms with Gasteiger partial charge in [-0.05, 0) is 26.0 Å². The summed E-state index contributed by atoms with van der Waals surface area (Å²) >= 11 is 5.99. The fraction of sp³-hybridized carbons (Fsp3) is 0.400. The van der Waals surface area contributed by atoms with Gasteiger partial charge in [0.25, 0.3) is 0 Å². The van der Waals surface area contributed by atoms with Crippen LogP contribution in [-0.4, -0.2) is 62.5 Å². The van der Waals surface area contributed by atoms with Crippen LogP contribution in [0.1, 0.15) is 22.7 Å². The number of carbonyl (C=O) groups is 2. The number of halogens is 1. The van der Waals surface area contributed by atoms with Crippen molar-refractivity contribution in [3.05, 3.63) is 52.3 Å². The second kappa shape index (κ2) is 8.35. The van der Waals surface area contributed by atoms with Gasteiger partial charge in [0.2, 0.25) is 5.91 Å². The lowest BCUT2D eigenvalue weighted by molar-refractivity contribution is -0.131. The molecule has 0 atom stereocenters. The third-order valence-electron chi connectivity index (χ3n) is 5.31. The van der Waals surface area contributed by atoms with Gasteiger partial charge in [-0.1, -0.05) is 16.8 Å². The van der Waals surface area contributed by atoms with E-state index in [1.807, 2.05) is 30.5 Å². The van der Waals surface area contributed by atoms with E-state index in [1.165, 1.54) is 0 Å². The van der Waals surface area contributed by atoms with Gasteiger partial charge in [-0.2, -0.15) is 0 Å². The van der Waals surface area contributed by atoms with Gasteiger partial charge in [-0.25, -0.2) is 9.78 Å². The number of urea groups is 1. The molecule has 0 radical (unpaired) electrons. The molecule has 0 spiro atoms. The lowest BCUT2D eigenvalue weighted by atomic mass is 10.1. The lowest BCUT2D eigenvalue weighted by Gasteiger charge is -2.34. The van der Waals surface area contributed by atoms with Gasteiger partial charge in [0.05, 0.1) is 29.4 Å². The van der Waals surface area contributed by atoms with Gasteiger partial charge in [-0.3, -0.25) is 4.79 Å². The summed E-state index contributed by atoms with van der Waals surface area (Å²) in [4.78, 5) is 33.0. The summed E-state index contributed by atoms with van der Waals surface area (Å²) in [6, 6.07) is 3.44. The maximum Gasteiger partial charge on any atom is 0.317 e. The first-order chi connectivity index (χ1) is 14.4. The zero-order valence-corrected chi connectivity index (χ0v) is 17.6. The van der Waals surface area contributed by atoms with Gasteiger partial charge in [0, 0.05) is 44.1 Å². The summed E-state index contributed by atoms with van der Waals surface area (Å²) in [7, 11) is 0. The van der Waals surface area contributed by atoms with Crippen LogP contribution in [-0.2, 0) is 17.8 Å². The standard InChI is InChI=1S/C20H23ClN6O3/c1-13-17(14(2)30-24-13)9-19(28)25-5-7-26(8-6-25)20(29)22-10-16-12-27-11-15(21)3-4-18(27)23-16/h3-4,11-12H,5-10H2,1-2H3,(H,22,29). The third-order valence-corrected chi connectivity index (χ3v) is 5.54. The van der Waals surface area contributed by atoms with Crippen molar-refractivity contribution in [3.8, 4) is 0 Å². The van der Waals surface area contributed by atoms with Crippen LogP contribution in [0.2, 0.25) is 5.02 Å². The topological polar surface area (TPSA) is 96.0 Å². The fourth-order valence-electron chi connectivity index (χ4n) is 3.56. The number of imidazole rings is 1. The molecule has 3 aromatic heterocycles. The molecule has 0 saturated carbocycles. The van der Waals surface area contributed by atoms with Crippen molar-refractivity contribution in [1.82, 2.24) is 29.7 Å². The molecule has 30 heavy (non-hydrogen) atoms. The lowest BCUT2D eigenvalue weighted by Crippen LogP contribution is -2.53. The Kier molecular flexibility index (Phi) is 5.63. The van der Waals surface area contributed by atoms with E-state index >= 15 is 0 Å². The van der Waals surface area contributed by atoms with E-state index in [4.69, 9.17) is 16.1 Å². The average Bonchev–Trinajstić information content (AvgIpc) is 3.29. The number of hydrogen-bond acceptors (Lipinski definition) is 5. The normalized spacial score (nSPS) is 14.4. The molecule has 9 nitrogen and oxygen atoms in total. The first kappa shape index (κ1) is 20.2. The maximum atomic E-state index is 12.6. The van der Waals surface area contributed by atoms with Crippen LogP contribution in [0.3, 0.4) is 0 Å². The number of amides is 3. The number of carbonyl (C=O) groups excluding carboxylic acids is 2. The number of piperazine rings is 1. The monoisotopic (exact) mass is 430 g/mol. The van der Waals surface area contributed by atoms with E-state index in [1.54, 1.807) is 22.1 Å². The van der Waals surface area contributed by atoms with Gasteiger partial charge in [-0.15, -0.1) is 0 Å². The summed E-state index contributed by atoms with van der Waals surface area (Å²) in [5.41, 5.74) is 3.11. The van der Waals surface area contributed by atoms with Crippen LogP contribution in [0.15, 0.2) is 29.0 Å². The molecule has 1 aliphatic heterocycles. The zero-order valence-electron chi connectivity index (χ0n) is 16.9. The van der Waals surface area contributed by atoms with Crippen LogP contribution in [0.25, 0.3) is 5.65 Å². The van der Waals surface area contributed by atoms with Crippen LogP contribution in [0.5, 0.6) is 0 Å². The molecule has 1 fully saturated rings. The summed E-state index contributed by atoms with van der Waals surface area (Å²) in [6.45, 7) is 5.94. The molecule has 4 heterocycles. The first-order valence-corrected chi connectivity index (χ1v) is 10.1. The molecule has 1 aliphatic rings. The molecule has 0 bridgehead atoms. The van der Waals surface area contributed by atoms with Crippen molar-refractivity contribution >= 4 is 29.2 Å². The number of aromatic nitrogens is 3. The van der Waals surface area contributed by atoms with Gasteiger partial charge in [0.1, 0.15) is 11.4 Å². The second-order valence-electron chi connectivity index (χ2n) is 7.35. The summed E-state index contributed by atoms with van der Waals surface area (Å²) in [5, 5.41) is 7.41. The number of pyridine rings is 1. The number of rotatable bonds is 4. The minimum atomic E-state index is -0.164. The molecule has 158 valence electrons. The van der Waals surface area contributed by atoms with Crippen LogP contribution >= 0.6 is 11.6 Å². The Morgan fingerprint density at radius 2 is 1.87 bits per heavy atom. The molecule has 3 aromatic rings. The molecule has 4 rings (SSSR count). The van der Waals surface area contributed by atoms with Gasteiger partial charge < -0.3 is 24.0 Å². The number of nitrogens with zero attached hydrogens (tertiary/aromatic N) is 5. The van der Waals surface area contributed by atoms with E-state index in [0.717, 1.165) is 22.6 Å². The molecular weight excluding hydrogens is 408 g/mol. The molecule has 1 saturated heterocycles. The summed E-state index contributed by atoms with van der Waals surface area (Å²) in [6.07, 6.45) is 3.88. The quantitative estimate of drug-likeness (QED) is 0.684. The van der Waals surface area contributed by atoms with Crippen LogP contribution in [0.4, 0.5) is 4.79 Å². The van der Waals surface area contributed by atoms with Crippen molar-refractivity contribution in [1.29, 1.82) is 0 Å². The SMILES string of the molecule is Cc1noc(C)c1CC(=O)N1CCN(C(=O)NCc2cn3cc(Cl)ccc3n2)CC1. The van der Waals surface area contributed by atoms with E-state index in [0.29, 0.717) is 43.5 Å². The molecule has 10 heteroatoms. The second-order valence-corrected chi connectivity index (χ2v) is 7.79. The largest absolute Gasteiger partial charge is 0.361 e. The predicted molar refractivity (Wildman–Crippen MR) is 110 cm³/mol. The Balaban J connectivity index is 1.27. The highest BCUT2D eigenvalue weighted by Crippen LogP contribution is 2.15. The summed E-state index contributed by atoms with van der Waals surface area (Å²) in [5.74, 6) is 0.695. The number of fused-ring (bicyclic) bond motifs is 1. The molecule has 0 aliphatic carbocycles. The highest BCUT2D eigenvalue weighted by Gasteiger charge is 2.25. The van der Waals surface area contributed by atoms with Crippen molar-refractivity contribution in [3.63, 3.8) is 0 Å². The fourth-order valence-corrected chi connectivity index (χ4v) is 3.72. The number of aryl methyl sites for hydroxylation is 2. The minimum absolute atomic E-state index is 0.0211. The minimum Gasteiger partial charge on any atom is -0.361 e. The maximum absolute atomic E-state index is 12.6. The van der Waals surface area contributed by atoms with Crippen molar-refractivity contribution in [2.24, 2.45) is 0 Å². The predicted octanol–water partition coefficient (Wildman–Crippen LogP) is 2.19. The Bertz CT molecular complexity index is 1060. The Labute approximate surface area is 178 Å². The number of hydrogen-bond donors (Lipinski definition) is 1. The van der Waals surface area contributed by atoms with Crippen molar-refractivity contribution < 1.29 is 14.1 Å². The highest BCUT2D eigenvalue weighted by atomic mass is 35.5. The van der Waals surface area contributed by atoms with E-state index in [9.17, 15) is 9.59 Å². The van der Waals surface area contributed by atoms with Crippen molar-refractivity contribution in [2.75, 3.05) is 26.2 Å². The Morgan fingerprint density at radius 3 is 2.57 bits per heavy atom. The average molecular weight is 431 g/mol. The highest BCUT2D eigenvalue weighted by molar-refractivity contribution is 6.30. The van der Waals surface area contributed by atoms with Crippen LogP contribution in [0, 0.1) is 13.8 Å². The first-order valence-electron chi connectivity index (χ1n) is 9.76. The van der Waals surface area contributed by atoms with Gasteiger partial charge >= 0.3 is 6.03 Å². The van der Waals surface area contributed by atoms with Crippen molar-refractivity contribution in [2.45, 2.75) is 26.8 Å². The van der Waals surface area contributed by atoms with Gasteiger partial charge in [0.15, 0.2) is 0 Å². The molecular formula is C20H23ClN6O3. The molecule has 3 amide bonds. The zero-order chi connectivity index (χ0) is 21.3. The number of nitrogens with one attached hydrogen (secondary N) is 1. The molecule has 0 unspecified atom stereocenters. The Morgan fingerprint density at radius 1 is 1.13 bits per heavy atom. The summed E-state index contributed by atoms with van der Waals surface area (Å²) < 4.78 is 6.95. The van der Waals surface area contributed by atoms with E-state index < -0.39 is 0 Å². The van der Waals surface area contributed by atoms with E-state index in [2.05, 4.69) is 15.5 Å².